The maximum absolute atomic E-state index is 11.9. The normalized spacial score (nSPS) is 15.7. The van der Waals surface area contributed by atoms with Crippen molar-refractivity contribution in [3.63, 3.8) is 0 Å². The first-order valence-corrected chi connectivity index (χ1v) is 7.39. The molecule has 0 saturated heterocycles. The summed E-state index contributed by atoms with van der Waals surface area (Å²) in [7, 11) is 1.88. The van der Waals surface area contributed by atoms with E-state index in [9.17, 15) is 4.79 Å². The van der Waals surface area contributed by atoms with Crippen LogP contribution in [0.4, 0.5) is 5.69 Å². The summed E-state index contributed by atoms with van der Waals surface area (Å²) in [6.07, 6.45) is 5.92. The molecule has 0 atom stereocenters. The van der Waals surface area contributed by atoms with Gasteiger partial charge < -0.3 is 15.4 Å². The first-order chi connectivity index (χ1) is 9.69. The molecule has 1 aromatic rings. The average Bonchev–Trinajstić information content (AvgIpc) is 2.47. The molecule has 4 nitrogen and oxygen atoms in total. The Morgan fingerprint density at radius 3 is 2.75 bits per heavy atom. The van der Waals surface area contributed by atoms with E-state index in [4.69, 9.17) is 4.74 Å². The molecule has 2 N–H and O–H groups in total. The Bertz CT molecular complexity index is 454. The van der Waals surface area contributed by atoms with Crippen LogP contribution in [0.5, 0.6) is 5.75 Å². The minimum Gasteiger partial charge on any atom is -0.484 e. The Balaban J connectivity index is 1.80. The topological polar surface area (TPSA) is 50.4 Å². The number of nitrogens with one attached hydrogen (secondary N) is 2. The van der Waals surface area contributed by atoms with E-state index in [-0.39, 0.29) is 12.5 Å². The van der Waals surface area contributed by atoms with Crippen molar-refractivity contribution in [2.24, 2.45) is 0 Å². The molecule has 1 aliphatic carbocycles. The van der Waals surface area contributed by atoms with Crippen LogP contribution in [-0.4, -0.2) is 25.6 Å². The molecule has 110 valence electrons. The van der Waals surface area contributed by atoms with E-state index in [1.54, 1.807) is 0 Å². The number of benzene rings is 1. The summed E-state index contributed by atoms with van der Waals surface area (Å²) in [5.74, 6) is 0.697. The van der Waals surface area contributed by atoms with E-state index in [0.717, 1.165) is 29.8 Å². The second-order valence-corrected chi connectivity index (χ2v) is 5.42. The highest BCUT2D eigenvalue weighted by Gasteiger charge is 2.15. The molecule has 1 fully saturated rings. The zero-order valence-electron chi connectivity index (χ0n) is 12.4. The van der Waals surface area contributed by atoms with Gasteiger partial charge in [-0.2, -0.15) is 0 Å². The van der Waals surface area contributed by atoms with Gasteiger partial charge in [-0.3, -0.25) is 4.79 Å². The highest BCUT2D eigenvalue weighted by Crippen LogP contribution is 2.21. The zero-order chi connectivity index (χ0) is 14.4. The first-order valence-electron chi connectivity index (χ1n) is 7.39. The van der Waals surface area contributed by atoms with Gasteiger partial charge in [0.2, 0.25) is 0 Å². The van der Waals surface area contributed by atoms with Gasteiger partial charge in [0.25, 0.3) is 5.91 Å². The van der Waals surface area contributed by atoms with Gasteiger partial charge in [-0.1, -0.05) is 25.3 Å². The maximum Gasteiger partial charge on any atom is 0.258 e. The van der Waals surface area contributed by atoms with Crippen LogP contribution in [0.15, 0.2) is 18.2 Å². The van der Waals surface area contributed by atoms with Crippen LogP contribution in [-0.2, 0) is 4.79 Å². The molecule has 1 amide bonds. The molecule has 4 heteroatoms. The van der Waals surface area contributed by atoms with E-state index in [2.05, 4.69) is 10.6 Å². The third-order valence-electron chi connectivity index (χ3n) is 3.82. The molecule has 1 aliphatic rings. The highest BCUT2D eigenvalue weighted by molar-refractivity contribution is 5.77. The van der Waals surface area contributed by atoms with Crippen molar-refractivity contribution in [2.45, 2.75) is 45.1 Å². The first kappa shape index (κ1) is 14.7. The largest absolute Gasteiger partial charge is 0.484 e. The van der Waals surface area contributed by atoms with E-state index >= 15 is 0 Å². The molecule has 0 unspecified atom stereocenters. The molecule has 1 saturated carbocycles. The predicted octanol–water partition coefficient (Wildman–Crippen LogP) is 2.86. The van der Waals surface area contributed by atoms with Crippen LogP contribution < -0.4 is 15.4 Å². The molecule has 0 aliphatic heterocycles. The molecule has 20 heavy (non-hydrogen) atoms. The Kier molecular flexibility index (Phi) is 5.27. The summed E-state index contributed by atoms with van der Waals surface area (Å²) in [6.45, 7) is 2.12. The average molecular weight is 276 g/mol. The van der Waals surface area contributed by atoms with Gasteiger partial charge in [0.05, 0.1) is 0 Å². The van der Waals surface area contributed by atoms with E-state index in [1.807, 2.05) is 32.2 Å². The van der Waals surface area contributed by atoms with Gasteiger partial charge >= 0.3 is 0 Å². The number of ether oxygens (including phenoxy) is 1. The second-order valence-electron chi connectivity index (χ2n) is 5.42. The van der Waals surface area contributed by atoms with Gasteiger partial charge in [-0.15, -0.1) is 0 Å². The summed E-state index contributed by atoms with van der Waals surface area (Å²) in [5, 5.41) is 6.16. The van der Waals surface area contributed by atoms with Gasteiger partial charge in [-0.05, 0) is 31.4 Å². The fraction of sp³-hybridized carbons (Fsp3) is 0.562. The lowest BCUT2D eigenvalue weighted by atomic mass is 9.95. The number of hydrogen-bond acceptors (Lipinski definition) is 3. The van der Waals surface area contributed by atoms with Gasteiger partial charge in [-0.25, -0.2) is 0 Å². The van der Waals surface area contributed by atoms with Crippen LogP contribution >= 0.6 is 0 Å². The monoisotopic (exact) mass is 276 g/mol. The van der Waals surface area contributed by atoms with E-state index in [1.165, 1.54) is 19.3 Å². The Morgan fingerprint density at radius 1 is 1.30 bits per heavy atom. The highest BCUT2D eigenvalue weighted by atomic mass is 16.5. The van der Waals surface area contributed by atoms with Crippen LogP contribution in [0.1, 0.15) is 37.7 Å². The molecule has 0 spiro atoms. The maximum atomic E-state index is 11.9. The van der Waals surface area contributed by atoms with Gasteiger partial charge in [0, 0.05) is 24.8 Å². The summed E-state index contributed by atoms with van der Waals surface area (Å²) in [4.78, 5) is 11.9. The number of carbonyl (C=O) groups excluding carboxylic acids is 1. The van der Waals surface area contributed by atoms with Crippen LogP contribution in [0.3, 0.4) is 0 Å². The summed E-state index contributed by atoms with van der Waals surface area (Å²) in [6, 6.07) is 6.14. The molecule has 0 radical (unpaired) electrons. The van der Waals surface area contributed by atoms with Gasteiger partial charge in [0.15, 0.2) is 6.61 Å². The second kappa shape index (κ2) is 7.17. The van der Waals surface area contributed by atoms with Gasteiger partial charge in [0.1, 0.15) is 5.75 Å². The minimum atomic E-state index is -0.0246. The Hall–Kier alpha value is -1.71. The van der Waals surface area contributed by atoms with E-state index < -0.39 is 0 Å². The standard InChI is InChI=1S/C16H24N2O2/c1-12-8-9-14(10-15(12)17-2)20-11-16(19)18-13-6-4-3-5-7-13/h8-10,13,17H,3-7,11H2,1-2H3,(H,18,19). The molecular weight excluding hydrogens is 252 g/mol. The number of aryl methyl sites for hydroxylation is 1. The predicted molar refractivity (Wildman–Crippen MR) is 81.2 cm³/mol. The van der Waals surface area contributed by atoms with Crippen molar-refractivity contribution in [3.8, 4) is 5.75 Å². The number of anilines is 1. The lowest BCUT2D eigenvalue weighted by molar-refractivity contribution is -0.124. The lowest BCUT2D eigenvalue weighted by Gasteiger charge is -2.22. The van der Waals surface area contributed by atoms with Crippen LogP contribution in [0.2, 0.25) is 0 Å². The van der Waals surface area contributed by atoms with Crippen molar-refractivity contribution >= 4 is 11.6 Å². The number of rotatable bonds is 5. The summed E-state index contributed by atoms with van der Waals surface area (Å²) >= 11 is 0. The number of hydrogen-bond donors (Lipinski definition) is 2. The van der Waals surface area contributed by atoms with Crippen LogP contribution in [0.25, 0.3) is 0 Å². The Morgan fingerprint density at radius 2 is 2.05 bits per heavy atom. The fourth-order valence-electron chi connectivity index (χ4n) is 2.63. The molecule has 2 rings (SSSR count). The molecule has 0 heterocycles. The molecule has 0 bridgehead atoms. The van der Waals surface area contributed by atoms with Crippen molar-refractivity contribution < 1.29 is 9.53 Å². The van der Waals surface area contributed by atoms with Crippen molar-refractivity contribution in [1.29, 1.82) is 0 Å². The molecule has 0 aromatic heterocycles. The quantitative estimate of drug-likeness (QED) is 0.869. The summed E-state index contributed by atoms with van der Waals surface area (Å²) in [5.41, 5.74) is 2.18. The van der Waals surface area contributed by atoms with Crippen molar-refractivity contribution in [2.75, 3.05) is 19.0 Å². The smallest absolute Gasteiger partial charge is 0.258 e. The fourth-order valence-corrected chi connectivity index (χ4v) is 2.63. The van der Waals surface area contributed by atoms with Crippen molar-refractivity contribution in [3.05, 3.63) is 23.8 Å². The molecule has 1 aromatic carbocycles. The zero-order valence-corrected chi connectivity index (χ0v) is 12.4. The molecular formula is C16H24N2O2. The number of amides is 1. The van der Waals surface area contributed by atoms with Crippen molar-refractivity contribution in [1.82, 2.24) is 5.32 Å². The van der Waals surface area contributed by atoms with E-state index in [0.29, 0.717) is 6.04 Å². The van der Waals surface area contributed by atoms with Crippen LogP contribution in [0, 0.1) is 6.92 Å². The lowest BCUT2D eigenvalue weighted by Crippen LogP contribution is -2.38. The number of carbonyl (C=O) groups is 1. The SMILES string of the molecule is CNc1cc(OCC(=O)NC2CCCCC2)ccc1C. The third kappa shape index (κ3) is 4.15. The Labute approximate surface area is 120 Å². The minimum absolute atomic E-state index is 0.0246. The summed E-state index contributed by atoms with van der Waals surface area (Å²) < 4.78 is 5.55. The third-order valence-corrected chi connectivity index (χ3v) is 3.82.